The molecule has 116 valence electrons. The summed E-state index contributed by atoms with van der Waals surface area (Å²) >= 11 is 0. The van der Waals surface area contributed by atoms with Gasteiger partial charge >= 0.3 is 0 Å². The van der Waals surface area contributed by atoms with Crippen LogP contribution >= 0.6 is 0 Å². The molecule has 3 rings (SSSR count). The fourth-order valence-electron chi connectivity index (χ4n) is 3.65. The number of hydrogen-bond acceptors (Lipinski definition) is 5. The van der Waals surface area contributed by atoms with Gasteiger partial charge in [0, 0.05) is 45.0 Å². The van der Waals surface area contributed by atoms with Gasteiger partial charge in [-0.2, -0.15) is 0 Å². The summed E-state index contributed by atoms with van der Waals surface area (Å²) in [6.45, 7) is 1.33. The van der Waals surface area contributed by atoms with Gasteiger partial charge in [0.15, 0.2) is 9.84 Å². The van der Waals surface area contributed by atoms with E-state index in [-0.39, 0.29) is 17.8 Å². The molecule has 2 atom stereocenters. The molecule has 2 N–H and O–H groups in total. The Labute approximate surface area is 126 Å². The molecule has 5 nitrogen and oxygen atoms in total. The van der Waals surface area contributed by atoms with E-state index in [1.165, 1.54) is 16.8 Å². The first-order chi connectivity index (χ1) is 9.93. The average Bonchev–Trinajstić information content (AvgIpc) is 2.97. The summed E-state index contributed by atoms with van der Waals surface area (Å²) in [5, 5.41) is 0. The van der Waals surface area contributed by atoms with Crippen LogP contribution in [0.2, 0.25) is 0 Å². The van der Waals surface area contributed by atoms with E-state index in [2.05, 4.69) is 28.0 Å². The summed E-state index contributed by atoms with van der Waals surface area (Å²) in [5.41, 5.74) is 9.75. The van der Waals surface area contributed by atoms with Gasteiger partial charge in [-0.25, -0.2) is 8.42 Å². The lowest BCUT2D eigenvalue weighted by atomic mass is 10.0. The van der Waals surface area contributed by atoms with E-state index in [0.29, 0.717) is 12.3 Å². The fourth-order valence-corrected chi connectivity index (χ4v) is 5.39. The number of anilines is 1. The van der Waals surface area contributed by atoms with E-state index >= 15 is 0 Å². The van der Waals surface area contributed by atoms with Crippen molar-refractivity contribution in [2.45, 2.75) is 25.0 Å². The van der Waals surface area contributed by atoms with Gasteiger partial charge in [0.25, 0.3) is 0 Å². The molecule has 6 heteroatoms. The number of sulfone groups is 1. The van der Waals surface area contributed by atoms with Gasteiger partial charge < -0.3 is 10.6 Å². The monoisotopic (exact) mass is 309 g/mol. The van der Waals surface area contributed by atoms with Gasteiger partial charge in [-0.1, -0.05) is 12.1 Å². The number of rotatable bonds is 3. The number of hydrogen-bond donors (Lipinski definition) is 1. The molecule has 0 aliphatic carbocycles. The van der Waals surface area contributed by atoms with Crippen LogP contribution in [0.15, 0.2) is 18.2 Å². The molecule has 1 saturated heterocycles. The van der Waals surface area contributed by atoms with Crippen molar-refractivity contribution >= 4 is 15.5 Å². The maximum Gasteiger partial charge on any atom is 0.151 e. The maximum absolute atomic E-state index is 11.8. The standard InChI is InChI=1S/C15H23N3O2S/c1-17(2)14-5-3-4-12-13(14)9-18(15(12)8-16)11-6-7-21(19,20)10-11/h3-5,11,15H,6-10,16H2,1-2H3. The number of nitrogens with zero attached hydrogens (tertiary/aromatic N) is 2. The molecule has 1 aromatic carbocycles. The first-order valence-corrected chi connectivity index (χ1v) is 9.20. The third-order valence-electron chi connectivity index (χ3n) is 4.67. The summed E-state index contributed by atoms with van der Waals surface area (Å²) in [6.07, 6.45) is 0.726. The highest BCUT2D eigenvalue weighted by Crippen LogP contribution is 2.40. The van der Waals surface area contributed by atoms with Crippen molar-refractivity contribution in [1.82, 2.24) is 4.90 Å². The normalized spacial score (nSPS) is 27.8. The predicted octanol–water partition coefficient (Wildman–Crippen LogP) is 0.755. The second-order valence-electron chi connectivity index (χ2n) is 6.22. The summed E-state index contributed by atoms with van der Waals surface area (Å²) in [6, 6.07) is 6.54. The number of fused-ring (bicyclic) bond motifs is 1. The van der Waals surface area contributed by atoms with Crippen molar-refractivity contribution in [1.29, 1.82) is 0 Å². The molecule has 0 aromatic heterocycles. The van der Waals surface area contributed by atoms with Crippen molar-refractivity contribution in [2.24, 2.45) is 5.73 Å². The van der Waals surface area contributed by atoms with Crippen LogP contribution in [0, 0.1) is 0 Å². The topological polar surface area (TPSA) is 66.6 Å². The highest BCUT2D eigenvalue weighted by Gasteiger charge is 2.40. The molecule has 21 heavy (non-hydrogen) atoms. The predicted molar refractivity (Wildman–Crippen MR) is 85.2 cm³/mol. The molecule has 2 aliphatic rings. The Kier molecular flexibility index (Phi) is 3.71. The molecule has 0 radical (unpaired) electrons. The lowest BCUT2D eigenvalue weighted by Crippen LogP contribution is -2.37. The third-order valence-corrected chi connectivity index (χ3v) is 6.42. The van der Waals surface area contributed by atoms with Crippen molar-refractivity contribution < 1.29 is 8.42 Å². The van der Waals surface area contributed by atoms with Crippen LogP contribution in [0.25, 0.3) is 0 Å². The zero-order chi connectivity index (χ0) is 15.2. The van der Waals surface area contributed by atoms with E-state index < -0.39 is 9.84 Å². The van der Waals surface area contributed by atoms with Crippen molar-refractivity contribution in [3.05, 3.63) is 29.3 Å². The zero-order valence-corrected chi connectivity index (χ0v) is 13.4. The Bertz CT molecular complexity index is 642. The molecule has 2 aliphatic heterocycles. The van der Waals surface area contributed by atoms with Crippen LogP contribution in [-0.2, 0) is 16.4 Å². The van der Waals surface area contributed by atoms with Crippen LogP contribution in [0.5, 0.6) is 0 Å². The first kappa shape index (κ1) is 14.8. The van der Waals surface area contributed by atoms with E-state index in [1.807, 2.05) is 14.1 Å². The second kappa shape index (κ2) is 5.26. The van der Waals surface area contributed by atoms with Gasteiger partial charge in [0.2, 0.25) is 0 Å². The van der Waals surface area contributed by atoms with E-state index in [4.69, 9.17) is 5.73 Å². The Morgan fingerprint density at radius 3 is 2.71 bits per heavy atom. The maximum atomic E-state index is 11.8. The molecular weight excluding hydrogens is 286 g/mol. The molecule has 0 spiro atoms. The SMILES string of the molecule is CN(C)c1cccc2c1CN(C1CCS(=O)(=O)C1)C2CN. The third kappa shape index (κ3) is 2.56. The lowest BCUT2D eigenvalue weighted by Gasteiger charge is -2.29. The van der Waals surface area contributed by atoms with Gasteiger partial charge in [0.1, 0.15) is 0 Å². The first-order valence-electron chi connectivity index (χ1n) is 7.38. The van der Waals surface area contributed by atoms with Gasteiger partial charge in [0.05, 0.1) is 11.5 Å². The van der Waals surface area contributed by atoms with Crippen molar-refractivity contribution in [3.8, 4) is 0 Å². The smallest absolute Gasteiger partial charge is 0.151 e. The number of benzene rings is 1. The fraction of sp³-hybridized carbons (Fsp3) is 0.600. The molecule has 2 unspecified atom stereocenters. The molecule has 0 bridgehead atoms. The zero-order valence-electron chi connectivity index (χ0n) is 12.6. The van der Waals surface area contributed by atoms with Crippen molar-refractivity contribution in [2.75, 3.05) is 37.0 Å². The summed E-state index contributed by atoms with van der Waals surface area (Å²) in [4.78, 5) is 4.41. The second-order valence-corrected chi connectivity index (χ2v) is 8.45. The average molecular weight is 309 g/mol. The van der Waals surface area contributed by atoms with Crippen LogP contribution in [0.3, 0.4) is 0 Å². The summed E-state index contributed by atoms with van der Waals surface area (Å²) in [7, 11) is 1.20. The number of nitrogens with two attached hydrogens (primary N) is 1. The van der Waals surface area contributed by atoms with E-state index in [9.17, 15) is 8.42 Å². The lowest BCUT2D eigenvalue weighted by molar-refractivity contribution is 0.164. The molecule has 0 saturated carbocycles. The minimum absolute atomic E-state index is 0.103. The molecule has 1 fully saturated rings. The summed E-state index contributed by atoms with van der Waals surface area (Å²) in [5.74, 6) is 0.580. The Balaban J connectivity index is 1.95. The minimum Gasteiger partial charge on any atom is -0.377 e. The Morgan fingerprint density at radius 1 is 1.38 bits per heavy atom. The minimum atomic E-state index is -2.87. The van der Waals surface area contributed by atoms with E-state index in [1.54, 1.807) is 0 Å². The molecule has 0 amide bonds. The molecular formula is C15H23N3O2S. The van der Waals surface area contributed by atoms with Gasteiger partial charge in [-0.15, -0.1) is 0 Å². The molecule has 1 aromatic rings. The van der Waals surface area contributed by atoms with Gasteiger partial charge in [-0.3, -0.25) is 4.90 Å². The van der Waals surface area contributed by atoms with Crippen LogP contribution in [0.1, 0.15) is 23.6 Å². The van der Waals surface area contributed by atoms with Crippen molar-refractivity contribution in [3.63, 3.8) is 0 Å². The highest BCUT2D eigenvalue weighted by molar-refractivity contribution is 7.91. The van der Waals surface area contributed by atoms with Crippen LogP contribution in [0.4, 0.5) is 5.69 Å². The van der Waals surface area contributed by atoms with Crippen LogP contribution in [-0.4, -0.2) is 51.5 Å². The summed E-state index contributed by atoms with van der Waals surface area (Å²) < 4.78 is 23.5. The van der Waals surface area contributed by atoms with E-state index in [0.717, 1.165) is 13.0 Å². The molecule has 2 heterocycles. The van der Waals surface area contributed by atoms with Gasteiger partial charge in [-0.05, 0) is 23.6 Å². The largest absolute Gasteiger partial charge is 0.377 e. The highest BCUT2D eigenvalue weighted by atomic mass is 32.2. The van der Waals surface area contributed by atoms with Crippen LogP contribution < -0.4 is 10.6 Å². The Morgan fingerprint density at radius 2 is 2.14 bits per heavy atom. The Hall–Kier alpha value is -1.11. The quantitative estimate of drug-likeness (QED) is 0.893.